The maximum absolute atomic E-state index is 2.52. The minimum atomic E-state index is 0.389. The lowest BCUT2D eigenvalue weighted by atomic mass is 9.53. The molecule has 0 saturated heterocycles. The summed E-state index contributed by atoms with van der Waals surface area (Å²) in [5.74, 6) is 3.18. The van der Waals surface area contributed by atoms with E-state index in [0.717, 1.165) is 23.7 Å². The normalized spacial score (nSPS) is 18.5. The minimum Gasteiger partial charge on any atom is -0.0654 e. The lowest BCUT2D eigenvalue weighted by Crippen LogP contribution is -2.45. The molecule has 0 radical (unpaired) electrons. The SMILES string of the molecule is CCCC(C)(C)C(C)(C)C(C(C)C)C(C)C(C)CC. The molecule has 0 aromatic carbocycles. The molecule has 0 amide bonds. The largest absolute Gasteiger partial charge is 0.0654 e. The monoisotopic (exact) mass is 268 g/mol. The van der Waals surface area contributed by atoms with Crippen LogP contribution in [0.1, 0.15) is 88.5 Å². The van der Waals surface area contributed by atoms with Crippen molar-refractivity contribution in [2.45, 2.75) is 88.5 Å². The van der Waals surface area contributed by atoms with Crippen molar-refractivity contribution in [3.8, 4) is 0 Å². The molecule has 19 heavy (non-hydrogen) atoms. The van der Waals surface area contributed by atoms with Crippen LogP contribution >= 0.6 is 0 Å². The third-order valence-electron chi connectivity index (χ3n) is 6.28. The number of hydrogen-bond acceptors (Lipinski definition) is 0. The van der Waals surface area contributed by atoms with E-state index in [1.54, 1.807) is 0 Å². The molecule has 3 atom stereocenters. The van der Waals surface area contributed by atoms with Gasteiger partial charge >= 0.3 is 0 Å². The molecule has 0 nitrogen and oxygen atoms in total. The average molecular weight is 269 g/mol. The van der Waals surface area contributed by atoms with Crippen LogP contribution in [0.25, 0.3) is 0 Å². The first-order valence-electron chi connectivity index (χ1n) is 8.52. The highest BCUT2D eigenvalue weighted by Crippen LogP contribution is 2.53. The Kier molecular flexibility index (Phi) is 7.14. The van der Waals surface area contributed by atoms with Crippen LogP contribution in [0.15, 0.2) is 0 Å². The fourth-order valence-corrected chi connectivity index (χ4v) is 4.22. The van der Waals surface area contributed by atoms with Gasteiger partial charge in [-0.25, -0.2) is 0 Å². The van der Waals surface area contributed by atoms with Crippen molar-refractivity contribution >= 4 is 0 Å². The van der Waals surface area contributed by atoms with E-state index >= 15 is 0 Å². The number of hydrogen-bond donors (Lipinski definition) is 0. The van der Waals surface area contributed by atoms with Crippen LogP contribution in [0.3, 0.4) is 0 Å². The summed E-state index contributed by atoms with van der Waals surface area (Å²) in [5.41, 5.74) is 0.804. The van der Waals surface area contributed by atoms with Crippen molar-refractivity contribution in [3.63, 3.8) is 0 Å². The second-order valence-corrected chi connectivity index (χ2v) is 8.37. The van der Waals surface area contributed by atoms with Gasteiger partial charge < -0.3 is 0 Å². The zero-order valence-electron chi connectivity index (χ0n) is 15.4. The Labute approximate surface area is 123 Å². The number of rotatable bonds is 8. The molecule has 0 heterocycles. The predicted molar refractivity (Wildman–Crippen MR) is 89.4 cm³/mol. The minimum absolute atomic E-state index is 0.389. The molecule has 0 saturated carbocycles. The van der Waals surface area contributed by atoms with E-state index < -0.39 is 0 Å². The first-order valence-corrected chi connectivity index (χ1v) is 8.52. The molecule has 3 unspecified atom stereocenters. The molecule has 0 N–H and O–H groups in total. The van der Waals surface area contributed by atoms with Gasteiger partial charge in [0.25, 0.3) is 0 Å². The van der Waals surface area contributed by atoms with Crippen LogP contribution < -0.4 is 0 Å². The fourth-order valence-electron chi connectivity index (χ4n) is 4.22. The highest BCUT2D eigenvalue weighted by molar-refractivity contribution is 4.94. The third-order valence-corrected chi connectivity index (χ3v) is 6.28. The van der Waals surface area contributed by atoms with Crippen LogP contribution in [0, 0.1) is 34.5 Å². The standard InChI is InChI=1S/C19H40/c1-11-13-18(7,8)19(9,10)17(14(3)4)16(6)15(5)12-2/h14-17H,11-13H2,1-10H3. The highest BCUT2D eigenvalue weighted by Gasteiger charge is 2.46. The van der Waals surface area contributed by atoms with Crippen molar-refractivity contribution in [3.05, 3.63) is 0 Å². The highest BCUT2D eigenvalue weighted by atomic mass is 14.5. The second-order valence-electron chi connectivity index (χ2n) is 8.37. The average Bonchev–Trinajstić information content (AvgIpc) is 2.26. The van der Waals surface area contributed by atoms with Gasteiger partial charge in [-0.3, -0.25) is 0 Å². The Balaban J connectivity index is 5.38. The summed E-state index contributed by atoms with van der Waals surface area (Å²) in [4.78, 5) is 0. The van der Waals surface area contributed by atoms with Crippen LogP contribution in [0.5, 0.6) is 0 Å². The van der Waals surface area contributed by atoms with E-state index in [9.17, 15) is 0 Å². The summed E-state index contributed by atoms with van der Waals surface area (Å²) in [6.07, 6.45) is 3.92. The summed E-state index contributed by atoms with van der Waals surface area (Å²) in [5, 5.41) is 0. The van der Waals surface area contributed by atoms with E-state index in [-0.39, 0.29) is 0 Å². The van der Waals surface area contributed by atoms with Crippen molar-refractivity contribution in [1.82, 2.24) is 0 Å². The summed E-state index contributed by atoms with van der Waals surface area (Å²) in [7, 11) is 0. The maximum Gasteiger partial charge on any atom is -0.0270 e. The molecule has 0 aliphatic rings. The van der Waals surface area contributed by atoms with Gasteiger partial charge in [-0.2, -0.15) is 0 Å². The van der Waals surface area contributed by atoms with E-state index in [0.29, 0.717) is 10.8 Å². The van der Waals surface area contributed by atoms with Gasteiger partial charge in [-0.05, 0) is 40.9 Å². The van der Waals surface area contributed by atoms with Crippen molar-refractivity contribution in [1.29, 1.82) is 0 Å². The van der Waals surface area contributed by atoms with Gasteiger partial charge in [0.15, 0.2) is 0 Å². The fraction of sp³-hybridized carbons (Fsp3) is 1.00. The molecule has 0 spiro atoms. The molecule has 0 bridgehead atoms. The molecule has 0 fully saturated rings. The van der Waals surface area contributed by atoms with E-state index in [2.05, 4.69) is 69.2 Å². The molecule has 0 rings (SSSR count). The third kappa shape index (κ3) is 4.23. The first kappa shape index (κ1) is 19.0. The van der Waals surface area contributed by atoms with Crippen LogP contribution in [-0.2, 0) is 0 Å². The lowest BCUT2D eigenvalue weighted by Gasteiger charge is -2.52. The summed E-state index contributed by atoms with van der Waals surface area (Å²) in [6, 6.07) is 0. The smallest absolute Gasteiger partial charge is 0.0270 e. The first-order chi connectivity index (χ1) is 8.52. The Hall–Kier alpha value is 0. The summed E-state index contributed by atoms with van der Waals surface area (Å²) in [6.45, 7) is 24.4. The van der Waals surface area contributed by atoms with Gasteiger partial charge in [-0.15, -0.1) is 0 Å². The Morgan fingerprint density at radius 1 is 0.842 bits per heavy atom. The Bertz CT molecular complexity index is 247. The van der Waals surface area contributed by atoms with Gasteiger partial charge in [0.05, 0.1) is 0 Å². The van der Waals surface area contributed by atoms with Gasteiger partial charge in [0, 0.05) is 0 Å². The molecular formula is C19H40. The zero-order valence-corrected chi connectivity index (χ0v) is 15.4. The van der Waals surface area contributed by atoms with Crippen molar-refractivity contribution < 1.29 is 0 Å². The van der Waals surface area contributed by atoms with Crippen molar-refractivity contribution in [2.75, 3.05) is 0 Å². The molecule has 0 aliphatic carbocycles. The zero-order chi connectivity index (χ0) is 15.4. The van der Waals surface area contributed by atoms with Crippen molar-refractivity contribution in [2.24, 2.45) is 34.5 Å². The van der Waals surface area contributed by atoms with Crippen LogP contribution in [0.4, 0.5) is 0 Å². The van der Waals surface area contributed by atoms with E-state index in [1.165, 1.54) is 19.3 Å². The molecule has 0 aliphatic heterocycles. The Morgan fingerprint density at radius 2 is 1.32 bits per heavy atom. The quantitative estimate of drug-likeness (QED) is 0.454. The Morgan fingerprint density at radius 3 is 1.63 bits per heavy atom. The molecule has 0 aromatic heterocycles. The van der Waals surface area contributed by atoms with Gasteiger partial charge in [0.1, 0.15) is 0 Å². The van der Waals surface area contributed by atoms with E-state index in [4.69, 9.17) is 0 Å². The van der Waals surface area contributed by atoms with E-state index in [1.807, 2.05) is 0 Å². The topological polar surface area (TPSA) is 0 Å². The molecule has 116 valence electrons. The van der Waals surface area contributed by atoms with Crippen LogP contribution in [0.2, 0.25) is 0 Å². The lowest BCUT2D eigenvalue weighted by molar-refractivity contribution is -0.0335. The second kappa shape index (κ2) is 7.14. The summed E-state index contributed by atoms with van der Waals surface area (Å²) < 4.78 is 0. The maximum atomic E-state index is 2.52. The summed E-state index contributed by atoms with van der Waals surface area (Å²) >= 11 is 0. The van der Waals surface area contributed by atoms with Gasteiger partial charge in [0.2, 0.25) is 0 Å². The molecule has 0 aromatic rings. The molecular weight excluding hydrogens is 228 g/mol. The predicted octanol–water partition coefficient (Wildman–Crippen LogP) is 6.79. The van der Waals surface area contributed by atoms with Crippen LogP contribution in [-0.4, -0.2) is 0 Å². The van der Waals surface area contributed by atoms with Gasteiger partial charge in [-0.1, -0.05) is 82.1 Å². The molecule has 0 heteroatoms.